The molecule has 2 aromatic carbocycles. The third-order valence-corrected chi connectivity index (χ3v) is 2.94. The molecular weight excluding hydrogens is 222 g/mol. The Labute approximate surface area is 105 Å². The Morgan fingerprint density at radius 1 is 1.06 bits per heavy atom. The molecule has 1 heterocycles. The number of fused-ring (bicyclic) bond motifs is 1. The van der Waals surface area contributed by atoms with Gasteiger partial charge in [-0.3, -0.25) is 0 Å². The Kier molecular flexibility index (Phi) is 2.65. The second-order valence-corrected chi connectivity index (χ2v) is 4.18. The van der Waals surface area contributed by atoms with E-state index in [9.17, 15) is 0 Å². The van der Waals surface area contributed by atoms with Gasteiger partial charge in [0.25, 0.3) is 0 Å². The summed E-state index contributed by atoms with van der Waals surface area (Å²) in [5.74, 6) is 0. The molecule has 0 atom stereocenters. The van der Waals surface area contributed by atoms with Crippen LogP contribution in [-0.2, 0) is 0 Å². The van der Waals surface area contributed by atoms with Crippen LogP contribution >= 0.6 is 0 Å². The molecule has 0 N–H and O–H groups in total. The first-order valence-corrected chi connectivity index (χ1v) is 5.87. The largest absolute Gasteiger partial charge is 0.235 e. The Morgan fingerprint density at radius 2 is 1.83 bits per heavy atom. The van der Waals surface area contributed by atoms with E-state index in [1.54, 1.807) is 11.0 Å². The predicted octanol–water partition coefficient (Wildman–Crippen LogP) is 3.23. The summed E-state index contributed by atoms with van der Waals surface area (Å²) in [5, 5.41) is 4.45. The van der Waals surface area contributed by atoms with Crippen molar-refractivity contribution in [2.75, 3.05) is 0 Å². The average Bonchev–Trinajstić information content (AvgIpc) is 2.81. The summed E-state index contributed by atoms with van der Waals surface area (Å²) >= 11 is 0. The van der Waals surface area contributed by atoms with Crippen molar-refractivity contribution in [1.29, 1.82) is 0 Å². The van der Waals surface area contributed by atoms with Crippen molar-refractivity contribution >= 4 is 17.2 Å². The molecule has 0 aliphatic rings. The molecule has 0 aliphatic carbocycles. The van der Waals surface area contributed by atoms with E-state index in [0.29, 0.717) is 0 Å². The molecule has 0 unspecified atom stereocenters. The molecule has 0 amide bonds. The fourth-order valence-corrected chi connectivity index (χ4v) is 1.89. The monoisotopic (exact) mass is 235 g/mol. The molecule has 1 aromatic heterocycles. The van der Waals surface area contributed by atoms with Gasteiger partial charge in [0.05, 0.1) is 17.2 Å². The van der Waals surface area contributed by atoms with Gasteiger partial charge in [-0.05, 0) is 30.2 Å². The second kappa shape index (κ2) is 4.45. The number of para-hydroxylation sites is 2. The highest BCUT2D eigenvalue weighted by Crippen LogP contribution is 2.11. The normalized spacial score (nSPS) is 11.4. The van der Waals surface area contributed by atoms with Gasteiger partial charge in [-0.15, -0.1) is 0 Å². The summed E-state index contributed by atoms with van der Waals surface area (Å²) in [5.41, 5.74) is 4.31. The molecular formula is C15H13N3. The van der Waals surface area contributed by atoms with Gasteiger partial charge in [-0.1, -0.05) is 36.4 Å². The molecule has 3 heteroatoms. The third kappa shape index (κ3) is 1.91. The minimum atomic E-state index is 0.958. The van der Waals surface area contributed by atoms with Gasteiger partial charge >= 0.3 is 0 Å². The summed E-state index contributed by atoms with van der Waals surface area (Å²) in [6.45, 7) is 2.08. The molecule has 88 valence electrons. The SMILES string of the molecule is Cc1ccccc1/C=N\n1cnc2ccccc21. The van der Waals surface area contributed by atoms with Crippen LogP contribution < -0.4 is 0 Å². The third-order valence-electron chi connectivity index (χ3n) is 2.94. The van der Waals surface area contributed by atoms with Gasteiger partial charge < -0.3 is 0 Å². The summed E-state index contributed by atoms with van der Waals surface area (Å²) in [4.78, 5) is 4.30. The lowest BCUT2D eigenvalue weighted by atomic mass is 10.1. The molecule has 0 saturated heterocycles. The molecule has 18 heavy (non-hydrogen) atoms. The van der Waals surface area contributed by atoms with E-state index in [1.165, 1.54) is 5.56 Å². The highest BCUT2D eigenvalue weighted by molar-refractivity contribution is 5.82. The van der Waals surface area contributed by atoms with Crippen molar-refractivity contribution in [3.05, 3.63) is 66.0 Å². The van der Waals surface area contributed by atoms with Crippen LogP contribution in [-0.4, -0.2) is 15.9 Å². The quantitative estimate of drug-likeness (QED) is 0.627. The lowest BCUT2D eigenvalue weighted by Gasteiger charge is -1.99. The molecule has 0 spiro atoms. The van der Waals surface area contributed by atoms with Gasteiger partial charge in [0.15, 0.2) is 0 Å². The smallest absolute Gasteiger partial charge is 0.118 e. The number of aryl methyl sites for hydroxylation is 1. The zero-order valence-corrected chi connectivity index (χ0v) is 10.1. The molecule has 0 bridgehead atoms. The van der Waals surface area contributed by atoms with E-state index in [0.717, 1.165) is 16.6 Å². The number of nitrogens with zero attached hydrogens (tertiary/aromatic N) is 3. The number of benzene rings is 2. The van der Waals surface area contributed by atoms with Gasteiger partial charge in [0, 0.05) is 0 Å². The van der Waals surface area contributed by atoms with E-state index in [1.807, 2.05) is 42.6 Å². The number of hydrogen-bond acceptors (Lipinski definition) is 2. The molecule has 0 fully saturated rings. The van der Waals surface area contributed by atoms with Crippen LogP contribution in [0.3, 0.4) is 0 Å². The summed E-state index contributed by atoms with van der Waals surface area (Å²) < 4.78 is 1.79. The first kappa shape index (κ1) is 10.7. The van der Waals surface area contributed by atoms with Gasteiger partial charge in [-0.2, -0.15) is 5.10 Å². The Hall–Kier alpha value is -2.42. The number of rotatable bonds is 2. The van der Waals surface area contributed by atoms with E-state index in [-0.39, 0.29) is 0 Å². The standard InChI is InChI=1S/C15H13N3/c1-12-6-2-3-7-13(12)10-17-18-11-16-14-8-4-5-9-15(14)18/h2-11H,1H3/b17-10-. The maximum atomic E-state index is 4.45. The molecule has 0 aliphatic heterocycles. The van der Waals surface area contributed by atoms with Crippen LogP contribution in [0.2, 0.25) is 0 Å². The highest BCUT2D eigenvalue weighted by atomic mass is 15.4. The van der Waals surface area contributed by atoms with Crippen LogP contribution in [0.1, 0.15) is 11.1 Å². The Morgan fingerprint density at radius 3 is 2.72 bits per heavy atom. The molecule has 3 rings (SSSR count). The van der Waals surface area contributed by atoms with Crippen molar-refractivity contribution < 1.29 is 0 Å². The first-order chi connectivity index (χ1) is 8.84. The predicted molar refractivity (Wildman–Crippen MR) is 73.9 cm³/mol. The van der Waals surface area contributed by atoms with Crippen LogP contribution in [0.25, 0.3) is 11.0 Å². The summed E-state index contributed by atoms with van der Waals surface area (Å²) in [6.07, 6.45) is 3.60. The second-order valence-electron chi connectivity index (χ2n) is 4.18. The molecule has 3 aromatic rings. The van der Waals surface area contributed by atoms with Gasteiger partial charge in [0.1, 0.15) is 6.33 Å². The Bertz CT molecular complexity index is 710. The lowest BCUT2D eigenvalue weighted by molar-refractivity contribution is 0.914. The van der Waals surface area contributed by atoms with Crippen LogP contribution in [0.5, 0.6) is 0 Å². The van der Waals surface area contributed by atoms with Crippen molar-refractivity contribution in [3.8, 4) is 0 Å². The zero-order valence-electron chi connectivity index (χ0n) is 10.1. The minimum absolute atomic E-state index is 0.958. The fourth-order valence-electron chi connectivity index (χ4n) is 1.89. The van der Waals surface area contributed by atoms with Crippen molar-refractivity contribution in [3.63, 3.8) is 0 Å². The average molecular weight is 235 g/mol. The first-order valence-electron chi connectivity index (χ1n) is 5.87. The van der Waals surface area contributed by atoms with E-state index >= 15 is 0 Å². The molecule has 3 nitrogen and oxygen atoms in total. The van der Waals surface area contributed by atoms with Crippen LogP contribution in [0.4, 0.5) is 0 Å². The topological polar surface area (TPSA) is 30.2 Å². The van der Waals surface area contributed by atoms with Gasteiger partial charge in [0.2, 0.25) is 0 Å². The minimum Gasteiger partial charge on any atom is -0.235 e. The van der Waals surface area contributed by atoms with Crippen molar-refractivity contribution in [2.24, 2.45) is 5.10 Å². The molecule has 0 radical (unpaired) electrons. The summed E-state index contributed by atoms with van der Waals surface area (Å²) in [6, 6.07) is 16.1. The number of aromatic nitrogens is 2. The fraction of sp³-hybridized carbons (Fsp3) is 0.0667. The number of imidazole rings is 1. The lowest BCUT2D eigenvalue weighted by Crippen LogP contribution is -1.90. The van der Waals surface area contributed by atoms with Gasteiger partial charge in [-0.25, -0.2) is 9.66 Å². The Balaban J connectivity index is 2.00. The summed E-state index contributed by atoms with van der Waals surface area (Å²) in [7, 11) is 0. The highest BCUT2D eigenvalue weighted by Gasteiger charge is 1.99. The van der Waals surface area contributed by atoms with Crippen molar-refractivity contribution in [2.45, 2.75) is 6.92 Å². The molecule has 0 saturated carbocycles. The van der Waals surface area contributed by atoms with E-state index < -0.39 is 0 Å². The number of hydrogen-bond donors (Lipinski definition) is 0. The van der Waals surface area contributed by atoms with Crippen LogP contribution in [0.15, 0.2) is 60.0 Å². The van der Waals surface area contributed by atoms with E-state index in [4.69, 9.17) is 0 Å². The van der Waals surface area contributed by atoms with Crippen LogP contribution in [0, 0.1) is 6.92 Å². The van der Waals surface area contributed by atoms with E-state index in [2.05, 4.69) is 29.1 Å². The van der Waals surface area contributed by atoms with Crippen molar-refractivity contribution in [1.82, 2.24) is 9.66 Å². The zero-order chi connectivity index (χ0) is 12.4. The maximum absolute atomic E-state index is 4.45. The maximum Gasteiger partial charge on any atom is 0.118 e.